The van der Waals surface area contributed by atoms with E-state index >= 15 is 0 Å². The first-order valence-electron chi connectivity index (χ1n) is 8.89. The van der Waals surface area contributed by atoms with Crippen LogP contribution < -0.4 is 5.32 Å². The maximum Gasteiger partial charge on any atom is 0.295 e. The summed E-state index contributed by atoms with van der Waals surface area (Å²) in [5.41, 5.74) is 1.03. The molecular weight excluding hydrogens is 406 g/mol. The maximum atomic E-state index is 13.0. The number of rotatable bonds is 3. The van der Waals surface area contributed by atoms with E-state index in [1.165, 1.54) is 42.5 Å². The van der Waals surface area contributed by atoms with Gasteiger partial charge in [0.15, 0.2) is 11.6 Å². The molecule has 0 aromatic heterocycles. The van der Waals surface area contributed by atoms with Crippen molar-refractivity contribution in [2.45, 2.75) is 11.8 Å². The van der Waals surface area contributed by atoms with Gasteiger partial charge in [-0.05, 0) is 30.7 Å². The number of anilines is 1. The van der Waals surface area contributed by atoms with Crippen molar-refractivity contribution < 1.29 is 27.4 Å². The Kier molecular flexibility index (Phi) is 4.60. The lowest BCUT2D eigenvalue weighted by Crippen LogP contribution is -2.24. The average Bonchev–Trinajstić information content (AvgIpc) is 2.71. The molecule has 4 rings (SSSR count). The Bertz CT molecular complexity index is 1360. The molecule has 30 heavy (non-hydrogen) atoms. The van der Waals surface area contributed by atoms with Gasteiger partial charge in [0.05, 0.1) is 16.8 Å². The highest BCUT2D eigenvalue weighted by Gasteiger charge is 2.32. The minimum absolute atomic E-state index is 0.0371. The summed E-state index contributed by atoms with van der Waals surface area (Å²) in [5.74, 6) is -1.60. The molecule has 0 radical (unpaired) electrons. The summed E-state index contributed by atoms with van der Waals surface area (Å²) in [6.45, 7) is 1.62. The first kappa shape index (κ1) is 19.7. The summed E-state index contributed by atoms with van der Waals surface area (Å²) in [7, 11) is -4.65. The van der Waals surface area contributed by atoms with E-state index in [2.05, 4.69) is 5.32 Å². The molecule has 3 aromatic carbocycles. The molecule has 0 aliphatic heterocycles. The van der Waals surface area contributed by atoms with Gasteiger partial charge in [-0.1, -0.05) is 42.5 Å². The molecule has 0 fully saturated rings. The van der Waals surface area contributed by atoms with Gasteiger partial charge in [-0.25, -0.2) is 0 Å². The molecule has 0 spiro atoms. The molecule has 0 saturated carbocycles. The summed E-state index contributed by atoms with van der Waals surface area (Å²) >= 11 is 0. The zero-order valence-electron chi connectivity index (χ0n) is 15.7. The van der Waals surface area contributed by atoms with Gasteiger partial charge in [-0.2, -0.15) is 8.42 Å². The summed E-state index contributed by atoms with van der Waals surface area (Å²) in [5, 5.41) is 2.51. The normalized spacial score (nSPS) is 12.9. The van der Waals surface area contributed by atoms with E-state index in [1.807, 2.05) is 0 Å². The zero-order chi connectivity index (χ0) is 21.6. The number of hydrogen-bond donors (Lipinski definition) is 2. The SMILES string of the molecule is Cc1ccc(C(=O)Nc2cccc3c2C(=O)c2ccccc2C3=O)c(S(=O)(=O)O)c1. The molecule has 1 aliphatic carbocycles. The Morgan fingerprint density at radius 2 is 1.50 bits per heavy atom. The fourth-order valence-corrected chi connectivity index (χ4v) is 4.24. The van der Waals surface area contributed by atoms with Crippen LogP contribution in [-0.2, 0) is 10.1 Å². The minimum Gasteiger partial charge on any atom is -0.321 e. The molecule has 0 heterocycles. The van der Waals surface area contributed by atoms with E-state index in [-0.39, 0.29) is 39.3 Å². The number of aryl methyl sites for hydroxylation is 1. The van der Waals surface area contributed by atoms with Gasteiger partial charge in [0.2, 0.25) is 0 Å². The number of benzene rings is 3. The van der Waals surface area contributed by atoms with Crippen LogP contribution in [0.3, 0.4) is 0 Å². The Morgan fingerprint density at radius 1 is 0.867 bits per heavy atom. The van der Waals surface area contributed by atoms with Crippen LogP contribution in [0.15, 0.2) is 65.6 Å². The molecule has 0 saturated heterocycles. The highest BCUT2D eigenvalue weighted by atomic mass is 32.2. The molecular formula is C22H15NO6S. The van der Waals surface area contributed by atoms with Crippen molar-refractivity contribution in [1.29, 1.82) is 0 Å². The van der Waals surface area contributed by atoms with Crippen LogP contribution in [0.2, 0.25) is 0 Å². The molecule has 150 valence electrons. The fourth-order valence-electron chi connectivity index (χ4n) is 3.47. The van der Waals surface area contributed by atoms with E-state index in [0.29, 0.717) is 5.56 Å². The van der Waals surface area contributed by atoms with Crippen LogP contribution >= 0.6 is 0 Å². The van der Waals surface area contributed by atoms with Crippen LogP contribution in [0, 0.1) is 6.92 Å². The predicted octanol–water partition coefficient (Wildman–Crippen LogP) is 3.27. The summed E-state index contributed by atoms with van der Waals surface area (Å²) in [6, 6.07) is 14.8. The van der Waals surface area contributed by atoms with Crippen LogP contribution in [0.25, 0.3) is 0 Å². The smallest absolute Gasteiger partial charge is 0.295 e. The van der Waals surface area contributed by atoms with Crippen LogP contribution in [-0.4, -0.2) is 30.4 Å². The lowest BCUT2D eigenvalue weighted by Gasteiger charge is -2.20. The standard InChI is InChI=1S/C22H15NO6S/c1-12-9-10-15(18(11-12)30(27,28)29)22(26)23-17-8-4-7-16-19(17)21(25)14-6-3-2-5-13(14)20(16)24/h2-11H,1H3,(H,23,26)(H,27,28,29). The number of nitrogens with one attached hydrogen (secondary N) is 1. The molecule has 1 aliphatic rings. The third-order valence-corrected chi connectivity index (χ3v) is 5.75. The minimum atomic E-state index is -4.65. The lowest BCUT2D eigenvalue weighted by atomic mass is 9.83. The number of carbonyl (C=O) groups excluding carboxylic acids is 3. The van der Waals surface area contributed by atoms with E-state index in [9.17, 15) is 27.4 Å². The van der Waals surface area contributed by atoms with Crippen molar-refractivity contribution in [3.8, 4) is 0 Å². The number of hydrogen-bond acceptors (Lipinski definition) is 5. The maximum absolute atomic E-state index is 13.0. The lowest BCUT2D eigenvalue weighted by molar-refractivity contribution is 0.0978. The van der Waals surface area contributed by atoms with Gasteiger partial charge in [0.25, 0.3) is 16.0 Å². The second-order valence-electron chi connectivity index (χ2n) is 6.86. The van der Waals surface area contributed by atoms with Crippen LogP contribution in [0.1, 0.15) is 47.8 Å². The topological polar surface area (TPSA) is 118 Å². The second kappa shape index (κ2) is 7.01. The molecule has 0 atom stereocenters. The van der Waals surface area contributed by atoms with Gasteiger partial charge in [0, 0.05) is 16.7 Å². The summed E-state index contributed by atoms with van der Waals surface area (Å²) in [6.07, 6.45) is 0. The van der Waals surface area contributed by atoms with Crippen molar-refractivity contribution in [3.05, 3.63) is 94.0 Å². The van der Waals surface area contributed by atoms with Crippen molar-refractivity contribution in [2.75, 3.05) is 5.32 Å². The Hall–Kier alpha value is -3.62. The third kappa shape index (κ3) is 3.22. The quantitative estimate of drug-likeness (QED) is 0.490. The first-order valence-corrected chi connectivity index (χ1v) is 10.3. The Labute approximate surface area is 172 Å². The van der Waals surface area contributed by atoms with Gasteiger partial charge in [-0.15, -0.1) is 0 Å². The molecule has 3 aromatic rings. The zero-order valence-corrected chi connectivity index (χ0v) is 16.5. The van der Waals surface area contributed by atoms with Crippen molar-refractivity contribution in [1.82, 2.24) is 0 Å². The van der Waals surface area contributed by atoms with Crippen molar-refractivity contribution >= 4 is 33.3 Å². The monoisotopic (exact) mass is 421 g/mol. The van der Waals surface area contributed by atoms with Crippen LogP contribution in [0.4, 0.5) is 5.69 Å². The summed E-state index contributed by atoms with van der Waals surface area (Å²) in [4.78, 5) is 38.1. The number of carbonyl (C=O) groups is 3. The average molecular weight is 421 g/mol. The predicted molar refractivity (Wildman–Crippen MR) is 109 cm³/mol. The second-order valence-corrected chi connectivity index (χ2v) is 8.25. The highest BCUT2D eigenvalue weighted by Crippen LogP contribution is 2.32. The van der Waals surface area contributed by atoms with E-state index in [0.717, 1.165) is 0 Å². The van der Waals surface area contributed by atoms with Gasteiger partial charge in [0.1, 0.15) is 4.90 Å². The molecule has 7 nitrogen and oxygen atoms in total. The molecule has 8 heteroatoms. The molecule has 2 N–H and O–H groups in total. The molecule has 1 amide bonds. The third-order valence-electron chi connectivity index (χ3n) is 4.86. The van der Waals surface area contributed by atoms with Gasteiger partial charge < -0.3 is 5.32 Å². The van der Waals surface area contributed by atoms with Crippen molar-refractivity contribution in [2.24, 2.45) is 0 Å². The van der Waals surface area contributed by atoms with E-state index in [4.69, 9.17) is 0 Å². The molecule has 0 bridgehead atoms. The largest absolute Gasteiger partial charge is 0.321 e. The van der Waals surface area contributed by atoms with E-state index in [1.54, 1.807) is 25.1 Å². The number of amides is 1. The first-order chi connectivity index (χ1) is 14.2. The summed E-state index contributed by atoms with van der Waals surface area (Å²) < 4.78 is 32.9. The van der Waals surface area contributed by atoms with Gasteiger partial charge in [-0.3, -0.25) is 18.9 Å². The van der Waals surface area contributed by atoms with E-state index < -0.39 is 26.7 Å². The fraction of sp³-hybridized carbons (Fsp3) is 0.0455. The Morgan fingerprint density at radius 3 is 2.17 bits per heavy atom. The highest BCUT2D eigenvalue weighted by molar-refractivity contribution is 7.86. The van der Waals surface area contributed by atoms with Crippen LogP contribution in [0.5, 0.6) is 0 Å². The van der Waals surface area contributed by atoms with Crippen molar-refractivity contribution in [3.63, 3.8) is 0 Å². The number of fused-ring (bicyclic) bond motifs is 2. The molecule has 0 unspecified atom stereocenters. The number of ketones is 2. The van der Waals surface area contributed by atoms with Gasteiger partial charge >= 0.3 is 0 Å². The Balaban J connectivity index is 1.80.